The number of hydrogen-bond donors (Lipinski definition) is 1. The van der Waals surface area contributed by atoms with Crippen LogP contribution in [0.4, 0.5) is 5.69 Å². The van der Waals surface area contributed by atoms with Crippen LogP contribution in [0, 0.1) is 0 Å². The maximum absolute atomic E-state index is 13.2. The van der Waals surface area contributed by atoms with Crippen molar-refractivity contribution < 1.29 is 24.2 Å². The third kappa shape index (κ3) is 4.32. The van der Waals surface area contributed by atoms with Crippen molar-refractivity contribution in [3.05, 3.63) is 95.6 Å². The van der Waals surface area contributed by atoms with Crippen LogP contribution in [-0.4, -0.2) is 30.0 Å². The predicted octanol–water partition coefficient (Wildman–Crippen LogP) is 5.11. The molecular formula is C27H25NO5. The van der Waals surface area contributed by atoms with Gasteiger partial charge in [-0.25, -0.2) is 0 Å². The molecule has 6 nitrogen and oxygen atoms in total. The molecule has 4 rings (SSSR count). The van der Waals surface area contributed by atoms with Gasteiger partial charge in [-0.05, 0) is 67.9 Å². The van der Waals surface area contributed by atoms with Gasteiger partial charge in [-0.3, -0.25) is 14.5 Å². The number of carbonyl (C=O) groups is 2. The SMILES string of the molecule is CCOc1ccc(/C(O)=C2/C(=O)C(=O)N(c3ccccc3)C2c2cccc(OCC)c2)cc1. The number of ether oxygens (including phenoxy) is 2. The molecule has 1 saturated heterocycles. The van der Waals surface area contributed by atoms with Crippen LogP contribution in [0.15, 0.2) is 84.4 Å². The molecule has 1 N–H and O–H groups in total. The Labute approximate surface area is 192 Å². The number of carbonyl (C=O) groups excluding carboxylic acids is 2. The first-order chi connectivity index (χ1) is 16.0. The summed E-state index contributed by atoms with van der Waals surface area (Å²) in [5.41, 5.74) is 1.69. The van der Waals surface area contributed by atoms with Crippen molar-refractivity contribution in [2.24, 2.45) is 0 Å². The highest BCUT2D eigenvalue weighted by Crippen LogP contribution is 2.42. The first-order valence-corrected chi connectivity index (χ1v) is 10.9. The van der Waals surface area contributed by atoms with Crippen LogP contribution < -0.4 is 14.4 Å². The van der Waals surface area contributed by atoms with Crippen molar-refractivity contribution in [3.63, 3.8) is 0 Å². The monoisotopic (exact) mass is 443 g/mol. The fourth-order valence-electron chi connectivity index (χ4n) is 3.98. The molecule has 1 fully saturated rings. The molecule has 0 aromatic heterocycles. The minimum Gasteiger partial charge on any atom is -0.507 e. The number of rotatable bonds is 7. The van der Waals surface area contributed by atoms with Crippen LogP contribution in [0.1, 0.15) is 31.0 Å². The molecule has 33 heavy (non-hydrogen) atoms. The number of anilines is 1. The zero-order valence-corrected chi connectivity index (χ0v) is 18.5. The molecular weight excluding hydrogens is 418 g/mol. The fourth-order valence-corrected chi connectivity index (χ4v) is 3.98. The molecule has 3 aromatic rings. The van der Waals surface area contributed by atoms with Crippen molar-refractivity contribution in [1.29, 1.82) is 0 Å². The molecule has 168 valence electrons. The van der Waals surface area contributed by atoms with Gasteiger partial charge in [-0.1, -0.05) is 30.3 Å². The van der Waals surface area contributed by atoms with Crippen LogP contribution >= 0.6 is 0 Å². The second-order valence-electron chi connectivity index (χ2n) is 7.47. The highest BCUT2D eigenvalue weighted by molar-refractivity contribution is 6.51. The third-order valence-electron chi connectivity index (χ3n) is 5.40. The van der Waals surface area contributed by atoms with Crippen molar-refractivity contribution in [3.8, 4) is 11.5 Å². The lowest BCUT2D eigenvalue weighted by Crippen LogP contribution is -2.29. The Morgan fingerprint density at radius 1 is 0.848 bits per heavy atom. The van der Waals surface area contributed by atoms with Crippen LogP contribution in [0.5, 0.6) is 11.5 Å². The Hall–Kier alpha value is -4.06. The van der Waals surface area contributed by atoms with Crippen molar-refractivity contribution >= 4 is 23.1 Å². The lowest BCUT2D eigenvalue weighted by Gasteiger charge is -2.25. The lowest BCUT2D eigenvalue weighted by atomic mass is 9.95. The molecule has 1 unspecified atom stereocenters. The van der Waals surface area contributed by atoms with Crippen LogP contribution in [0.2, 0.25) is 0 Å². The zero-order chi connectivity index (χ0) is 23.4. The molecule has 1 heterocycles. The molecule has 6 heteroatoms. The van der Waals surface area contributed by atoms with E-state index in [-0.39, 0.29) is 11.3 Å². The smallest absolute Gasteiger partial charge is 0.300 e. The minimum absolute atomic E-state index is 0.0293. The summed E-state index contributed by atoms with van der Waals surface area (Å²) in [4.78, 5) is 27.8. The number of benzene rings is 3. The molecule has 1 atom stereocenters. The second-order valence-corrected chi connectivity index (χ2v) is 7.47. The molecule has 0 saturated carbocycles. The van der Waals surface area contributed by atoms with E-state index in [4.69, 9.17) is 9.47 Å². The van der Waals surface area contributed by atoms with E-state index in [9.17, 15) is 14.7 Å². The maximum Gasteiger partial charge on any atom is 0.300 e. The quantitative estimate of drug-likeness (QED) is 0.312. The summed E-state index contributed by atoms with van der Waals surface area (Å²) in [7, 11) is 0. The first-order valence-electron chi connectivity index (χ1n) is 10.9. The Morgan fingerprint density at radius 3 is 2.18 bits per heavy atom. The third-order valence-corrected chi connectivity index (χ3v) is 5.40. The van der Waals surface area contributed by atoms with E-state index < -0.39 is 17.7 Å². The highest BCUT2D eigenvalue weighted by atomic mass is 16.5. The van der Waals surface area contributed by atoms with E-state index in [1.54, 1.807) is 54.6 Å². The average molecular weight is 443 g/mol. The molecule has 1 aliphatic heterocycles. The van der Waals surface area contributed by atoms with Gasteiger partial charge in [0.25, 0.3) is 11.7 Å². The average Bonchev–Trinajstić information content (AvgIpc) is 3.11. The molecule has 0 bridgehead atoms. The van der Waals surface area contributed by atoms with Crippen molar-refractivity contribution in [1.82, 2.24) is 0 Å². The summed E-state index contributed by atoms with van der Waals surface area (Å²) in [5, 5.41) is 11.2. The predicted molar refractivity (Wildman–Crippen MR) is 126 cm³/mol. The van der Waals surface area contributed by atoms with Gasteiger partial charge >= 0.3 is 0 Å². The van der Waals surface area contributed by atoms with Gasteiger partial charge in [-0.15, -0.1) is 0 Å². The summed E-state index contributed by atoms with van der Waals surface area (Å²) in [6.45, 7) is 4.77. The van der Waals surface area contributed by atoms with E-state index in [2.05, 4.69) is 0 Å². The number of aliphatic hydroxyl groups is 1. The number of hydrogen-bond acceptors (Lipinski definition) is 5. The summed E-state index contributed by atoms with van der Waals surface area (Å²) in [6.07, 6.45) is 0. The van der Waals surface area contributed by atoms with Gasteiger partial charge in [0.2, 0.25) is 0 Å². The molecule has 0 spiro atoms. The summed E-state index contributed by atoms with van der Waals surface area (Å²) >= 11 is 0. The summed E-state index contributed by atoms with van der Waals surface area (Å²) < 4.78 is 11.1. The molecule has 0 aliphatic carbocycles. The molecule has 3 aromatic carbocycles. The Balaban J connectivity index is 1.88. The van der Waals surface area contributed by atoms with Gasteiger partial charge < -0.3 is 14.6 Å². The molecule has 0 radical (unpaired) electrons. The number of amides is 1. The van der Waals surface area contributed by atoms with Crippen molar-refractivity contribution in [2.45, 2.75) is 19.9 Å². The Bertz CT molecular complexity index is 1180. The van der Waals surface area contributed by atoms with Gasteiger partial charge in [-0.2, -0.15) is 0 Å². The minimum atomic E-state index is -0.806. The highest BCUT2D eigenvalue weighted by Gasteiger charge is 2.47. The van der Waals surface area contributed by atoms with E-state index in [1.807, 2.05) is 38.1 Å². The molecule has 1 aliphatic rings. The zero-order valence-electron chi connectivity index (χ0n) is 18.5. The summed E-state index contributed by atoms with van der Waals surface area (Å²) in [5.74, 6) is -0.395. The van der Waals surface area contributed by atoms with E-state index in [0.29, 0.717) is 41.5 Å². The normalized spacial score (nSPS) is 17.3. The molecule has 1 amide bonds. The fraction of sp³-hybridized carbons (Fsp3) is 0.185. The topological polar surface area (TPSA) is 76.1 Å². The van der Waals surface area contributed by atoms with E-state index >= 15 is 0 Å². The number of aliphatic hydroxyl groups excluding tert-OH is 1. The first kappa shape index (κ1) is 22.1. The second kappa shape index (κ2) is 9.61. The van der Waals surface area contributed by atoms with Crippen LogP contribution in [0.3, 0.4) is 0 Å². The van der Waals surface area contributed by atoms with E-state index in [1.165, 1.54) is 4.90 Å². The maximum atomic E-state index is 13.2. The standard InChI is InChI=1S/C27H25NO5/c1-3-32-21-15-13-18(14-16-21)25(29)23-24(19-9-8-12-22(17-19)33-4-2)28(27(31)26(23)30)20-10-6-5-7-11-20/h5-17,24,29H,3-4H2,1-2H3/b25-23-. The van der Waals surface area contributed by atoms with Crippen LogP contribution in [-0.2, 0) is 9.59 Å². The van der Waals surface area contributed by atoms with Gasteiger partial charge in [0.1, 0.15) is 17.3 Å². The lowest BCUT2D eigenvalue weighted by molar-refractivity contribution is -0.132. The van der Waals surface area contributed by atoms with Gasteiger partial charge in [0.15, 0.2) is 0 Å². The Morgan fingerprint density at radius 2 is 1.52 bits per heavy atom. The van der Waals surface area contributed by atoms with E-state index in [0.717, 1.165) is 0 Å². The number of para-hydroxylation sites is 1. The summed E-state index contributed by atoms with van der Waals surface area (Å²) in [6, 6.07) is 22.2. The number of ketones is 1. The van der Waals surface area contributed by atoms with Gasteiger partial charge in [0.05, 0.1) is 24.8 Å². The number of Topliss-reactive ketones (excluding diaryl/α,β-unsaturated/α-hetero) is 1. The van der Waals surface area contributed by atoms with Crippen molar-refractivity contribution in [2.75, 3.05) is 18.1 Å². The largest absolute Gasteiger partial charge is 0.507 e. The van der Waals surface area contributed by atoms with Crippen LogP contribution in [0.25, 0.3) is 5.76 Å². The number of nitrogens with zero attached hydrogens (tertiary/aromatic N) is 1. The van der Waals surface area contributed by atoms with Gasteiger partial charge in [0, 0.05) is 11.3 Å². The Kier molecular flexibility index (Phi) is 6.45.